The number of nitrogens with two attached hydrogens (primary N) is 1. The van der Waals surface area contributed by atoms with E-state index in [2.05, 4.69) is 49.3 Å². The second-order valence-electron chi connectivity index (χ2n) is 6.53. The highest BCUT2D eigenvalue weighted by Crippen LogP contribution is 2.11. The number of nitrogens with one attached hydrogen (secondary N) is 1. The van der Waals surface area contributed by atoms with Gasteiger partial charge in [-0.2, -0.15) is 0 Å². The fourth-order valence-electron chi connectivity index (χ4n) is 2.55. The molecule has 3 aromatic carbocycles. The van der Waals surface area contributed by atoms with E-state index in [0.717, 1.165) is 33.9 Å². The molecule has 0 aliphatic rings. The van der Waals surface area contributed by atoms with Crippen LogP contribution in [0.1, 0.15) is 16.7 Å². The summed E-state index contributed by atoms with van der Waals surface area (Å²) in [6.07, 6.45) is 1.37. The molecule has 3 aromatic rings. The van der Waals surface area contributed by atoms with Crippen LogP contribution in [0.15, 0.2) is 87.8 Å². The van der Waals surface area contributed by atoms with Crippen molar-refractivity contribution in [3.05, 3.63) is 104 Å². The van der Waals surface area contributed by atoms with E-state index in [1.165, 1.54) is 11.1 Å². The van der Waals surface area contributed by atoms with E-state index in [9.17, 15) is 4.79 Å². The zero-order valence-electron chi connectivity index (χ0n) is 16.7. The zero-order valence-corrected chi connectivity index (χ0v) is 19.9. The van der Waals surface area contributed by atoms with E-state index in [4.69, 9.17) is 10.5 Å². The fraction of sp³-hybridized carbons (Fsp3) is 0.208. The molecule has 4 nitrogen and oxygen atoms in total. The molecule has 0 saturated heterocycles. The van der Waals surface area contributed by atoms with Gasteiger partial charge in [0.15, 0.2) is 0 Å². The summed E-state index contributed by atoms with van der Waals surface area (Å²) in [7, 11) is 0. The Morgan fingerprint density at radius 1 is 0.767 bits per heavy atom. The van der Waals surface area contributed by atoms with Gasteiger partial charge in [-0.3, -0.25) is 0 Å². The summed E-state index contributed by atoms with van der Waals surface area (Å²) in [6.45, 7) is 1.59. The molecule has 3 N–H and O–H groups in total. The second-order valence-corrected chi connectivity index (χ2v) is 8.36. The van der Waals surface area contributed by atoms with E-state index in [1.807, 2.05) is 66.7 Å². The Balaban J connectivity index is 0.000000269. The number of halogens is 2. The van der Waals surface area contributed by atoms with Crippen molar-refractivity contribution in [3.63, 3.8) is 0 Å². The maximum atomic E-state index is 11.5. The highest BCUT2D eigenvalue weighted by Gasteiger charge is 2.02. The highest BCUT2D eigenvalue weighted by molar-refractivity contribution is 9.10. The van der Waals surface area contributed by atoms with Crippen molar-refractivity contribution in [3.8, 4) is 0 Å². The predicted molar refractivity (Wildman–Crippen MR) is 129 cm³/mol. The SMILES string of the molecule is NCCc1ccc(Br)cc1.O=C(NCCc1ccc(Br)cc1)OCc1ccccc1. The summed E-state index contributed by atoms with van der Waals surface area (Å²) in [5.74, 6) is 0. The Hall–Kier alpha value is -2.15. The Labute approximate surface area is 195 Å². The third-order valence-electron chi connectivity index (χ3n) is 4.16. The maximum absolute atomic E-state index is 11.5. The molecular weight excluding hydrogens is 508 g/mol. The number of carbonyl (C=O) groups excluding carboxylic acids is 1. The van der Waals surface area contributed by atoms with Crippen molar-refractivity contribution in [1.82, 2.24) is 5.32 Å². The molecule has 0 spiro atoms. The van der Waals surface area contributed by atoms with E-state index < -0.39 is 0 Å². The maximum Gasteiger partial charge on any atom is 0.407 e. The standard InChI is InChI=1S/C16H16BrNO2.C8H10BrN/c17-15-8-6-13(7-9-15)10-11-18-16(19)20-12-14-4-2-1-3-5-14;9-8-3-1-7(2-4-8)5-6-10/h1-9H,10-12H2,(H,18,19);1-4H,5-6,10H2. The average molecular weight is 534 g/mol. The number of carbonyl (C=O) groups is 1. The molecule has 0 bridgehead atoms. The second kappa shape index (κ2) is 14.0. The molecule has 6 heteroatoms. The highest BCUT2D eigenvalue weighted by atomic mass is 79.9. The van der Waals surface area contributed by atoms with Crippen LogP contribution in [0.2, 0.25) is 0 Å². The lowest BCUT2D eigenvalue weighted by atomic mass is 10.1. The molecule has 0 heterocycles. The first-order valence-electron chi connectivity index (χ1n) is 9.70. The molecule has 3 rings (SSSR count). The average Bonchev–Trinajstić information content (AvgIpc) is 2.77. The summed E-state index contributed by atoms with van der Waals surface area (Å²) in [5.41, 5.74) is 8.84. The summed E-state index contributed by atoms with van der Waals surface area (Å²) in [6, 6.07) is 25.9. The van der Waals surface area contributed by atoms with E-state index >= 15 is 0 Å². The van der Waals surface area contributed by atoms with Crippen LogP contribution in [0, 0.1) is 0 Å². The first kappa shape index (κ1) is 24.1. The molecule has 0 saturated carbocycles. The van der Waals surface area contributed by atoms with Crippen molar-refractivity contribution in [2.75, 3.05) is 13.1 Å². The van der Waals surface area contributed by atoms with Crippen LogP contribution in [0.25, 0.3) is 0 Å². The lowest BCUT2D eigenvalue weighted by Crippen LogP contribution is -2.26. The van der Waals surface area contributed by atoms with Gasteiger partial charge < -0.3 is 15.8 Å². The summed E-state index contributed by atoms with van der Waals surface area (Å²) in [4.78, 5) is 11.5. The van der Waals surface area contributed by atoms with Gasteiger partial charge >= 0.3 is 6.09 Å². The van der Waals surface area contributed by atoms with Gasteiger partial charge in [-0.1, -0.05) is 86.5 Å². The van der Waals surface area contributed by atoms with E-state index in [1.54, 1.807) is 0 Å². The lowest BCUT2D eigenvalue weighted by molar-refractivity contribution is 0.140. The monoisotopic (exact) mass is 532 g/mol. The number of ether oxygens (including phenoxy) is 1. The van der Waals surface area contributed by atoms with Gasteiger partial charge in [0, 0.05) is 15.5 Å². The van der Waals surface area contributed by atoms with E-state index in [-0.39, 0.29) is 6.09 Å². The molecule has 0 aliphatic heterocycles. The van der Waals surface area contributed by atoms with Gasteiger partial charge in [0.2, 0.25) is 0 Å². The summed E-state index contributed by atoms with van der Waals surface area (Å²) >= 11 is 6.76. The normalized spacial score (nSPS) is 9.97. The number of amides is 1. The Kier molecular flexibility index (Phi) is 11.2. The number of hydrogen-bond acceptors (Lipinski definition) is 3. The van der Waals surface area contributed by atoms with Crippen LogP contribution in [0.5, 0.6) is 0 Å². The van der Waals surface area contributed by atoms with Gasteiger partial charge in [0.1, 0.15) is 6.61 Å². The van der Waals surface area contributed by atoms with Gasteiger partial charge in [-0.15, -0.1) is 0 Å². The van der Waals surface area contributed by atoms with E-state index in [0.29, 0.717) is 13.2 Å². The molecule has 30 heavy (non-hydrogen) atoms. The van der Waals surface area contributed by atoms with Crippen molar-refractivity contribution < 1.29 is 9.53 Å². The van der Waals surface area contributed by atoms with Crippen LogP contribution in [-0.4, -0.2) is 19.2 Å². The lowest BCUT2D eigenvalue weighted by Gasteiger charge is -2.07. The van der Waals surface area contributed by atoms with Crippen LogP contribution < -0.4 is 11.1 Å². The summed E-state index contributed by atoms with van der Waals surface area (Å²) in [5, 5.41) is 2.74. The largest absolute Gasteiger partial charge is 0.445 e. The van der Waals surface area contributed by atoms with Crippen molar-refractivity contribution >= 4 is 38.0 Å². The van der Waals surface area contributed by atoms with Crippen molar-refractivity contribution in [1.29, 1.82) is 0 Å². The molecule has 0 radical (unpaired) electrons. The van der Waals surface area contributed by atoms with Gasteiger partial charge in [0.25, 0.3) is 0 Å². The first-order valence-corrected chi connectivity index (χ1v) is 11.3. The zero-order chi connectivity index (χ0) is 21.6. The Morgan fingerprint density at radius 3 is 1.83 bits per heavy atom. The first-order chi connectivity index (χ1) is 14.6. The van der Waals surface area contributed by atoms with Gasteiger partial charge in [0.05, 0.1) is 0 Å². The van der Waals surface area contributed by atoms with Crippen LogP contribution >= 0.6 is 31.9 Å². The van der Waals surface area contributed by atoms with Gasteiger partial charge in [-0.25, -0.2) is 4.79 Å². The van der Waals surface area contributed by atoms with Crippen molar-refractivity contribution in [2.45, 2.75) is 19.4 Å². The van der Waals surface area contributed by atoms with Gasteiger partial charge in [-0.05, 0) is 60.3 Å². The number of alkyl carbamates (subject to hydrolysis) is 1. The third kappa shape index (κ3) is 10.1. The molecular formula is C24H26Br2N2O2. The van der Waals surface area contributed by atoms with Crippen LogP contribution in [-0.2, 0) is 24.2 Å². The van der Waals surface area contributed by atoms with Crippen LogP contribution in [0.4, 0.5) is 4.79 Å². The third-order valence-corrected chi connectivity index (χ3v) is 5.21. The van der Waals surface area contributed by atoms with Crippen molar-refractivity contribution in [2.24, 2.45) is 5.73 Å². The molecule has 0 aromatic heterocycles. The Morgan fingerprint density at radius 2 is 1.30 bits per heavy atom. The Bertz CT molecular complexity index is 870. The van der Waals surface area contributed by atoms with Crippen LogP contribution in [0.3, 0.4) is 0 Å². The molecule has 1 amide bonds. The number of hydrogen-bond donors (Lipinski definition) is 2. The molecule has 0 atom stereocenters. The topological polar surface area (TPSA) is 64.4 Å². The number of benzene rings is 3. The minimum absolute atomic E-state index is 0.297. The number of rotatable bonds is 7. The fourth-order valence-corrected chi connectivity index (χ4v) is 3.08. The molecule has 0 aliphatic carbocycles. The minimum Gasteiger partial charge on any atom is -0.445 e. The minimum atomic E-state index is -0.383. The quantitative estimate of drug-likeness (QED) is 0.399. The summed E-state index contributed by atoms with van der Waals surface area (Å²) < 4.78 is 7.30. The smallest absolute Gasteiger partial charge is 0.407 e. The predicted octanol–water partition coefficient (Wildman–Crippen LogP) is 5.87. The molecule has 0 unspecified atom stereocenters. The molecule has 0 fully saturated rings. The molecule has 158 valence electrons.